The lowest BCUT2D eigenvalue weighted by atomic mass is 10.1. The molecule has 0 radical (unpaired) electrons. The summed E-state index contributed by atoms with van der Waals surface area (Å²) in [5.74, 6) is -1.99. The summed E-state index contributed by atoms with van der Waals surface area (Å²) < 4.78 is 13.2. The molecule has 2 aromatic carbocycles. The number of hydrogen-bond acceptors (Lipinski definition) is 4. The van der Waals surface area contributed by atoms with Crippen molar-refractivity contribution in [1.82, 2.24) is 5.32 Å². The second-order valence-electron chi connectivity index (χ2n) is 5.45. The van der Waals surface area contributed by atoms with Crippen LogP contribution in [-0.2, 0) is 4.79 Å². The summed E-state index contributed by atoms with van der Waals surface area (Å²) in [5.41, 5.74) is 1.76. The number of nitro benzene ring substituents is 1. The number of benzene rings is 2. The van der Waals surface area contributed by atoms with Crippen LogP contribution >= 0.6 is 0 Å². The van der Waals surface area contributed by atoms with Crippen molar-refractivity contribution in [2.45, 2.75) is 13.8 Å². The van der Waals surface area contributed by atoms with Gasteiger partial charge in [0.1, 0.15) is 0 Å². The first kappa shape index (κ1) is 18.1. The Hall–Kier alpha value is -3.29. The van der Waals surface area contributed by atoms with E-state index in [-0.39, 0.29) is 12.2 Å². The van der Waals surface area contributed by atoms with Crippen molar-refractivity contribution >= 4 is 23.2 Å². The molecule has 0 heterocycles. The van der Waals surface area contributed by atoms with Gasteiger partial charge in [0.2, 0.25) is 11.7 Å². The summed E-state index contributed by atoms with van der Waals surface area (Å²) >= 11 is 0. The molecule has 0 fully saturated rings. The van der Waals surface area contributed by atoms with E-state index in [0.717, 1.165) is 23.3 Å². The van der Waals surface area contributed by atoms with Gasteiger partial charge in [-0.25, -0.2) is 0 Å². The van der Waals surface area contributed by atoms with E-state index in [9.17, 15) is 24.1 Å². The Bertz CT molecular complexity index is 852. The van der Waals surface area contributed by atoms with Gasteiger partial charge in [0, 0.05) is 17.3 Å². The first-order chi connectivity index (χ1) is 11.8. The fraction of sp³-hybridized carbons (Fsp3) is 0.176. The predicted octanol–water partition coefficient (Wildman–Crippen LogP) is 2.72. The van der Waals surface area contributed by atoms with E-state index in [4.69, 9.17) is 0 Å². The maximum Gasteiger partial charge on any atom is 0.306 e. The minimum Gasteiger partial charge on any atom is -0.343 e. The third-order valence-electron chi connectivity index (χ3n) is 3.61. The Balaban J connectivity index is 1.96. The Labute approximate surface area is 143 Å². The molecule has 7 nitrogen and oxygen atoms in total. The molecule has 0 unspecified atom stereocenters. The number of hydrogen-bond donors (Lipinski definition) is 2. The quantitative estimate of drug-likeness (QED) is 0.642. The lowest BCUT2D eigenvalue weighted by Crippen LogP contribution is -2.32. The molecule has 0 saturated carbocycles. The summed E-state index contributed by atoms with van der Waals surface area (Å²) in [5, 5.41) is 15.5. The number of aryl methyl sites for hydroxylation is 2. The van der Waals surface area contributed by atoms with Gasteiger partial charge in [-0.15, -0.1) is 0 Å². The minimum atomic E-state index is -0.994. The number of carbonyl (C=O) groups excluding carboxylic acids is 2. The van der Waals surface area contributed by atoms with E-state index in [1.807, 2.05) is 19.9 Å². The molecule has 2 aromatic rings. The molecule has 0 aliphatic carbocycles. The molecule has 0 atom stereocenters. The number of anilines is 1. The van der Waals surface area contributed by atoms with Crippen LogP contribution in [0.4, 0.5) is 15.8 Å². The van der Waals surface area contributed by atoms with Crippen molar-refractivity contribution in [1.29, 1.82) is 0 Å². The van der Waals surface area contributed by atoms with Crippen molar-refractivity contribution in [3.05, 3.63) is 69.0 Å². The number of nitrogens with one attached hydrogen (secondary N) is 2. The summed E-state index contributed by atoms with van der Waals surface area (Å²) in [4.78, 5) is 33.7. The van der Waals surface area contributed by atoms with Crippen LogP contribution in [0.1, 0.15) is 21.5 Å². The van der Waals surface area contributed by atoms with Crippen LogP contribution in [0.15, 0.2) is 36.4 Å². The van der Waals surface area contributed by atoms with Gasteiger partial charge in [0.15, 0.2) is 0 Å². The standard InChI is InChI=1S/C17H16FN3O4/c1-10-3-4-12(7-11(10)2)17(23)19-9-16(22)20-13-5-6-14(18)15(8-13)21(24)25/h3-8H,9H2,1-2H3,(H,19,23)(H,20,22). The van der Waals surface area contributed by atoms with E-state index >= 15 is 0 Å². The number of nitro groups is 1. The number of halogens is 1. The van der Waals surface area contributed by atoms with Gasteiger partial charge in [-0.1, -0.05) is 6.07 Å². The molecule has 0 saturated heterocycles. The van der Waals surface area contributed by atoms with Crippen LogP contribution in [0.3, 0.4) is 0 Å². The van der Waals surface area contributed by atoms with Crippen LogP contribution in [-0.4, -0.2) is 23.3 Å². The molecule has 2 rings (SSSR count). The van der Waals surface area contributed by atoms with Gasteiger partial charge in [-0.3, -0.25) is 19.7 Å². The Morgan fingerprint density at radius 2 is 1.84 bits per heavy atom. The highest BCUT2D eigenvalue weighted by atomic mass is 19.1. The molecule has 2 amide bonds. The first-order valence-electron chi connectivity index (χ1n) is 7.37. The molecule has 130 valence electrons. The summed E-state index contributed by atoms with van der Waals surface area (Å²) in [7, 11) is 0. The Morgan fingerprint density at radius 3 is 2.48 bits per heavy atom. The highest BCUT2D eigenvalue weighted by molar-refractivity contribution is 5.99. The van der Waals surface area contributed by atoms with Crippen molar-refractivity contribution < 1.29 is 18.9 Å². The third kappa shape index (κ3) is 4.60. The van der Waals surface area contributed by atoms with Crippen LogP contribution in [0.5, 0.6) is 0 Å². The van der Waals surface area contributed by atoms with Crippen LogP contribution < -0.4 is 10.6 Å². The van der Waals surface area contributed by atoms with Gasteiger partial charge >= 0.3 is 5.69 Å². The number of rotatable bonds is 5. The molecule has 25 heavy (non-hydrogen) atoms. The Kier molecular flexibility index (Phi) is 5.43. The van der Waals surface area contributed by atoms with Crippen LogP contribution in [0.2, 0.25) is 0 Å². The number of nitrogens with zero attached hydrogens (tertiary/aromatic N) is 1. The smallest absolute Gasteiger partial charge is 0.306 e. The SMILES string of the molecule is Cc1ccc(C(=O)NCC(=O)Nc2ccc(F)c([N+](=O)[O-])c2)cc1C. The summed E-state index contributed by atoms with van der Waals surface area (Å²) in [6, 6.07) is 8.18. The predicted molar refractivity (Wildman–Crippen MR) is 89.9 cm³/mol. The maximum absolute atomic E-state index is 13.2. The zero-order valence-corrected chi connectivity index (χ0v) is 13.6. The van der Waals surface area contributed by atoms with Crippen molar-refractivity contribution in [2.24, 2.45) is 0 Å². The fourth-order valence-electron chi connectivity index (χ4n) is 2.08. The van der Waals surface area contributed by atoms with Crippen LogP contribution in [0.25, 0.3) is 0 Å². The molecule has 2 N–H and O–H groups in total. The molecule has 8 heteroatoms. The molecule has 0 spiro atoms. The largest absolute Gasteiger partial charge is 0.343 e. The van der Waals surface area contributed by atoms with E-state index < -0.39 is 28.2 Å². The van der Waals surface area contributed by atoms with Gasteiger partial charge in [0.05, 0.1) is 11.5 Å². The van der Waals surface area contributed by atoms with E-state index in [0.29, 0.717) is 5.56 Å². The monoisotopic (exact) mass is 345 g/mol. The number of amides is 2. The second-order valence-corrected chi connectivity index (χ2v) is 5.45. The zero-order chi connectivity index (χ0) is 18.6. The highest BCUT2D eigenvalue weighted by Crippen LogP contribution is 2.21. The topological polar surface area (TPSA) is 101 Å². The molecule has 0 aromatic heterocycles. The van der Waals surface area contributed by atoms with Crippen LogP contribution in [0, 0.1) is 29.8 Å². The molecular weight excluding hydrogens is 329 g/mol. The van der Waals surface area contributed by atoms with Gasteiger partial charge in [-0.05, 0) is 49.2 Å². The van der Waals surface area contributed by atoms with Crippen molar-refractivity contribution in [3.63, 3.8) is 0 Å². The Morgan fingerprint density at radius 1 is 1.12 bits per heavy atom. The third-order valence-corrected chi connectivity index (χ3v) is 3.61. The molecular formula is C17H16FN3O4. The van der Waals surface area contributed by atoms with E-state index in [1.165, 1.54) is 6.07 Å². The van der Waals surface area contributed by atoms with Gasteiger partial charge in [-0.2, -0.15) is 4.39 Å². The van der Waals surface area contributed by atoms with Gasteiger partial charge < -0.3 is 10.6 Å². The average Bonchev–Trinajstić information content (AvgIpc) is 2.56. The average molecular weight is 345 g/mol. The van der Waals surface area contributed by atoms with Crippen molar-refractivity contribution in [3.8, 4) is 0 Å². The van der Waals surface area contributed by atoms with E-state index in [1.54, 1.807) is 12.1 Å². The zero-order valence-electron chi connectivity index (χ0n) is 13.6. The fourth-order valence-corrected chi connectivity index (χ4v) is 2.08. The lowest BCUT2D eigenvalue weighted by Gasteiger charge is -2.08. The normalized spacial score (nSPS) is 10.2. The summed E-state index contributed by atoms with van der Waals surface area (Å²) in [6.45, 7) is 3.48. The summed E-state index contributed by atoms with van der Waals surface area (Å²) in [6.07, 6.45) is 0. The molecule has 0 bridgehead atoms. The highest BCUT2D eigenvalue weighted by Gasteiger charge is 2.15. The van der Waals surface area contributed by atoms with Crippen molar-refractivity contribution in [2.75, 3.05) is 11.9 Å². The lowest BCUT2D eigenvalue weighted by molar-refractivity contribution is -0.387. The number of carbonyl (C=O) groups is 2. The maximum atomic E-state index is 13.2. The minimum absolute atomic E-state index is 0.0681. The molecule has 0 aliphatic heterocycles. The first-order valence-corrected chi connectivity index (χ1v) is 7.37. The second kappa shape index (κ2) is 7.52. The molecule has 0 aliphatic rings. The van der Waals surface area contributed by atoms with E-state index in [2.05, 4.69) is 10.6 Å². The van der Waals surface area contributed by atoms with Gasteiger partial charge in [0.25, 0.3) is 5.91 Å².